The summed E-state index contributed by atoms with van der Waals surface area (Å²) in [6.07, 6.45) is 2.25. The van der Waals surface area contributed by atoms with Crippen LogP contribution < -0.4 is 5.56 Å². The average Bonchev–Trinajstić information content (AvgIpc) is 2.29. The molecule has 0 radical (unpaired) electrons. The highest BCUT2D eigenvalue weighted by Crippen LogP contribution is 2.74. The van der Waals surface area contributed by atoms with Gasteiger partial charge in [0, 0.05) is 11.8 Å². The van der Waals surface area contributed by atoms with Crippen molar-refractivity contribution in [2.24, 2.45) is 5.92 Å². The Balaban J connectivity index is 2.51. The third kappa shape index (κ3) is 2.42. The van der Waals surface area contributed by atoms with Gasteiger partial charge >= 0.3 is 0 Å². The van der Waals surface area contributed by atoms with Crippen LogP contribution in [0.5, 0.6) is 0 Å². The van der Waals surface area contributed by atoms with Crippen LogP contribution in [0.4, 0.5) is 0 Å². The number of hydrogen-bond acceptors (Lipinski definition) is 1. The Bertz CT molecular complexity index is 433. The second-order valence-electron chi connectivity index (χ2n) is 4.19. The van der Waals surface area contributed by atoms with Crippen molar-refractivity contribution >= 4 is 33.1 Å². The van der Waals surface area contributed by atoms with Crippen LogP contribution in [0, 0.1) is 5.92 Å². The van der Waals surface area contributed by atoms with Gasteiger partial charge in [-0.05, 0) is 32.1 Å². The van der Waals surface area contributed by atoms with Crippen LogP contribution in [0.2, 0.25) is 0 Å². The molecule has 0 bridgehead atoms. The highest BCUT2D eigenvalue weighted by atomic mass is 32.6. The molecule has 0 aliphatic carbocycles. The monoisotopic (exact) mass is 291 g/mol. The van der Waals surface area contributed by atoms with Crippen LogP contribution in [0.3, 0.4) is 0 Å². The van der Waals surface area contributed by atoms with Gasteiger partial charge in [-0.15, -0.1) is 17.9 Å². The minimum Gasteiger partial charge on any atom is -0.304 e. The maximum absolute atomic E-state index is 12.0. The first-order chi connectivity index (χ1) is 7.65. The maximum atomic E-state index is 12.0. The Morgan fingerprint density at radius 1 is 1.56 bits per heavy atom. The molecule has 88 valence electrons. The Labute approximate surface area is 104 Å². The van der Waals surface area contributed by atoms with Gasteiger partial charge in [-0.25, -0.2) is 0 Å². The van der Waals surface area contributed by atoms with Crippen molar-refractivity contribution in [3.05, 3.63) is 34.2 Å². The minimum absolute atomic E-state index is 0.168. The van der Waals surface area contributed by atoms with Crippen molar-refractivity contribution in [2.45, 2.75) is 25.5 Å². The number of aromatic nitrogens is 1. The lowest BCUT2D eigenvalue weighted by Crippen LogP contribution is -2.32. The van der Waals surface area contributed by atoms with Gasteiger partial charge < -0.3 is 4.57 Å². The molecule has 0 spiro atoms. The number of hydrogen-bond donors (Lipinski definition) is 0. The summed E-state index contributed by atoms with van der Waals surface area (Å²) in [7, 11) is 6.47. The predicted molar refractivity (Wildman–Crippen MR) is 81.9 cm³/mol. The summed E-state index contributed by atoms with van der Waals surface area (Å²) < 4.78 is 2.05. The fraction of sp³-hybridized carbons (Fsp3) is 0.500. The lowest BCUT2D eigenvalue weighted by molar-refractivity contribution is 0.375. The number of nitrogens with zero attached hydrogens (tertiary/aromatic N) is 1. The quantitative estimate of drug-likeness (QED) is 0.763. The highest BCUT2D eigenvalue weighted by Gasteiger charge is 2.30. The van der Waals surface area contributed by atoms with Crippen LogP contribution in [0.1, 0.15) is 24.8 Å². The van der Waals surface area contributed by atoms with Crippen LogP contribution in [0.15, 0.2) is 23.0 Å². The normalized spacial score (nSPS) is 26.9. The molecule has 0 saturated carbocycles. The van der Waals surface area contributed by atoms with E-state index in [9.17, 15) is 4.79 Å². The van der Waals surface area contributed by atoms with Gasteiger partial charge in [0.25, 0.3) is 5.56 Å². The van der Waals surface area contributed by atoms with Crippen molar-refractivity contribution in [1.82, 2.24) is 4.57 Å². The van der Waals surface area contributed by atoms with Crippen LogP contribution in [-0.4, -0.2) is 4.57 Å². The van der Waals surface area contributed by atoms with E-state index in [1.54, 1.807) is 6.07 Å². The van der Waals surface area contributed by atoms with Gasteiger partial charge in [0.15, 0.2) is 0 Å². The van der Waals surface area contributed by atoms with E-state index in [4.69, 9.17) is 0 Å². The summed E-state index contributed by atoms with van der Waals surface area (Å²) in [5, 5.41) is 0. The first kappa shape index (κ1) is 13.1. The largest absolute Gasteiger partial charge is 0.304 e. The lowest BCUT2D eigenvalue weighted by Gasteiger charge is -2.36. The van der Waals surface area contributed by atoms with E-state index >= 15 is 0 Å². The topological polar surface area (TPSA) is 22.0 Å². The van der Waals surface area contributed by atoms with Crippen molar-refractivity contribution in [1.29, 1.82) is 0 Å². The van der Waals surface area contributed by atoms with Crippen molar-refractivity contribution < 1.29 is 0 Å². The molecule has 1 aliphatic heterocycles. The molecular weight excluding hydrogens is 274 g/mol. The van der Waals surface area contributed by atoms with E-state index in [2.05, 4.69) is 30.8 Å². The van der Waals surface area contributed by atoms with Crippen LogP contribution in [0.25, 0.3) is 0 Å². The Hall–Kier alpha value is 0.670. The number of aryl methyl sites for hydroxylation is 1. The molecular formula is C10H17NOP4. The van der Waals surface area contributed by atoms with Gasteiger partial charge in [-0.3, -0.25) is 4.79 Å². The summed E-state index contributed by atoms with van der Waals surface area (Å²) in [5.74, 6) is 1.03. The third-order valence-electron chi connectivity index (χ3n) is 3.14. The molecule has 2 heterocycles. The molecule has 0 aromatic carbocycles. The fourth-order valence-electron chi connectivity index (χ4n) is 2.30. The summed E-state index contributed by atoms with van der Waals surface area (Å²) in [6, 6.07) is 5.67. The van der Waals surface area contributed by atoms with E-state index in [-0.39, 0.29) is 12.9 Å². The van der Waals surface area contributed by atoms with Gasteiger partial charge in [0.1, 0.15) is 0 Å². The van der Waals surface area contributed by atoms with E-state index in [0.717, 1.165) is 14.4 Å². The summed E-state index contributed by atoms with van der Waals surface area (Å²) in [4.78, 5) is 12.0. The zero-order valence-electron chi connectivity index (χ0n) is 9.26. The maximum Gasteiger partial charge on any atom is 0.251 e. The molecule has 0 saturated heterocycles. The zero-order valence-corrected chi connectivity index (χ0v) is 13.5. The Morgan fingerprint density at radius 3 is 3.00 bits per heavy atom. The fourth-order valence-corrected chi connectivity index (χ4v) is 7.89. The molecule has 0 N–H and O–H groups in total. The standard InChI is InChI=1S/C10H17NOP4/c1-7-5-6-8-3-2-4-9(12)11(8)10(7)16(14)15-13/h2-4,7,10,15H,5-6,13-14H2,1H3/t7-,10-,16?/m0/s1. The predicted octanol–water partition coefficient (Wildman–Crippen LogP) is 3.58. The smallest absolute Gasteiger partial charge is 0.251 e. The Morgan fingerprint density at radius 2 is 2.31 bits per heavy atom. The molecule has 2 rings (SSSR count). The molecule has 2 nitrogen and oxygen atoms in total. The lowest BCUT2D eigenvalue weighted by atomic mass is 9.98. The van der Waals surface area contributed by atoms with Crippen molar-refractivity contribution in [3.63, 3.8) is 0 Å². The summed E-state index contributed by atoms with van der Waals surface area (Å²) >= 11 is 0. The zero-order chi connectivity index (χ0) is 11.7. The summed E-state index contributed by atoms with van der Waals surface area (Å²) in [5.41, 5.74) is 1.39. The molecule has 0 fully saturated rings. The molecule has 16 heavy (non-hydrogen) atoms. The molecule has 4 unspecified atom stereocenters. The molecule has 1 aliphatic rings. The SMILES string of the molecule is C[C@H]1CCc2cccc(=O)n2[C@H]1P(P)PP. The van der Waals surface area contributed by atoms with Gasteiger partial charge in [-0.2, -0.15) is 0 Å². The average molecular weight is 291 g/mol. The molecule has 6 heteroatoms. The second kappa shape index (κ2) is 5.54. The van der Waals surface area contributed by atoms with E-state index in [0.29, 0.717) is 11.7 Å². The molecule has 6 atom stereocenters. The van der Waals surface area contributed by atoms with Gasteiger partial charge in [0.05, 0.1) is 5.78 Å². The third-order valence-corrected chi connectivity index (χ3v) is 14.1. The first-order valence-electron chi connectivity index (χ1n) is 5.35. The second-order valence-corrected chi connectivity index (χ2v) is 13.7. The van der Waals surface area contributed by atoms with E-state index < -0.39 is 0 Å². The van der Waals surface area contributed by atoms with Crippen molar-refractivity contribution in [3.8, 4) is 0 Å². The van der Waals surface area contributed by atoms with Gasteiger partial charge in [0.2, 0.25) is 0 Å². The van der Waals surface area contributed by atoms with E-state index in [1.807, 2.05) is 10.6 Å². The minimum atomic E-state index is -0.168. The number of rotatable bonds is 2. The van der Waals surface area contributed by atoms with Crippen molar-refractivity contribution in [2.75, 3.05) is 0 Å². The molecule has 1 aromatic heterocycles. The highest BCUT2D eigenvalue weighted by molar-refractivity contribution is 8.61. The molecule has 0 amide bonds. The number of pyridine rings is 1. The first-order valence-corrected chi connectivity index (χ1v) is 12.0. The Kier molecular flexibility index (Phi) is 4.54. The van der Waals surface area contributed by atoms with Gasteiger partial charge in [-0.1, -0.05) is 20.9 Å². The number of fused-ring (bicyclic) bond motifs is 1. The summed E-state index contributed by atoms with van der Waals surface area (Å²) in [6.45, 7) is 2.28. The van der Waals surface area contributed by atoms with Crippen LogP contribution in [-0.2, 0) is 6.42 Å². The molecule has 1 aromatic rings. The van der Waals surface area contributed by atoms with Crippen LogP contribution >= 0.6 is 33.1 Å². The van der Waals surface area contributed by atoms with E-state index in [1.165, 1.54) is 12.1 Å².